The molecule has 0 bridgehead atoms. The second kappa shape index (κ2) is 7.21. The van der Waals surface area contributed by atoms with Crippen molar-refractivity contribution >= 4 is 11.6 Å². The number of aromatic nitrogens is 2. The van der Waals surface area contributed by atoms with E-state index in [-0.39, 0.29) is 12.5 Å². The predicted molar refractivity (Wildman–Crippen MR) is 98.7 cm³/mol. The number of carbonyl (C=O) groups is 1. The summed E-state index contributed by atoms with van der Waals surface area (Å²) in [6, 6.07) is 13.5. The van der Waals surface area contributed by atoms with Crippen molar-refractivity contribution in [1.82, 2.24) is 9.55 Å². The predicted octanol–water partition coefficient (Wildman–Crippen LogP) is 3.72. The number of amides is 1. The summed E-state index contributed by atoms with van der Waals surface area (Å²) in [6.45, 7) is 3.96. The Hall–Kier alpha value is -3.08. The van der Waals surface area contributed by atoms with Crippen LogP contribution in [0.15, 0.2) is 54.9 Å². The smallest absolute Gasteiger partial charge is 0.262 e. The lowest BCUT2D eigenvalue weighted by Crippen LogP contribution is -2.20. The molecule has 5 heteroatoms. The summed E-state index contributed by atoms with van der Waals surface area (Å²) in [5.41, 5.74) is 3.85. The lowest BCUT2D eigenvalue weighted by Gasteiger charge is -2.11. The van der Waals surface area contributed by atoms with Crippen molar-refractivity contribution in [3.8, 4) is 17.1 Å². The Morgan fingerprint density at radius 1 is 1.20 bits per heavy atom. The van der Waals surface area contributed by atoms with Crippen LogP contribution in [0, 0.1) is 13.8 Å². The van der Waals surface area contributed by atoms with Gasteiger partial charge < -0.3 is 14.6 Å². The minimum absolute atomic E-state index is 0.0312. The molecular weight excluding hydrogens is 314 g/mol. The van der Waals surface area contributed by atoms with Gasteiger partial charge in [-0.1, -0.05) is 29.8 Å². The highest BCUT2D eigenvalue weighted by Crippen LogP contribution is 2.21. The van der Waals surface area contributed by atoms with Gasteiger partial charge in [-0.25, -0.2) is 4.98 Å². The SMILES string of the molecule is Cc1ccc(OCC(=O)Nc2cccc(-c3nccn3C)c2)c(C)c1. The molecule has 0 saturated carbocycles. The van der Waals surface area contributed by atoms with Crippen LogP contribution in [0.3, 0.4) is 0 Å². The molecule has 0 spiro atoms. The Morgan fingerprint density at radius 3 is 2.76 bits per heavy atom. The molecule has 1 aromatic heterocycles. The summed E-state index contributed by atoms with van der Waals surface area (Å²) in [5.74, 6) is 1.38. The maximum Gasteiger partial charge on any atom is 0.262 e. The summed E-state index contributed by atoms with van der Waals surface area (Å²) in [5, 5.41) is 2.86. The summed E-state index contributed by atoms with van der Waals surface area (Å²) < 4.78 is 7.55. The fourth-order valence-electron chi connectivity index (χ4n) is 2.68. The molecule has 3 rings (SSSR count). The normalized spacial score (nSPS) is 10.5. The Balaban J connectivity index is 1.64. The minimum Gasteiger partial charge on any atom is -0.483 e. The van der Waals surface area contributed by atoms with Gasteiger partial charge in [0.05, 0.1) is 0 Å². The largest absolute Gasteiger partial charge is 0.483 e. The fraction of sp³-hybridized carbons (Fsp3) is 0.200. The van der Waals surface area contributed by atoms with E-state index in [4.69, 9.17) is 4.74 Å². The monoisotopic (exact) mass is 335 g/mol. The van der Waals surface area contributed by atoms with Gasteiger partial charge in [-0.2, -0.15) is 0 Å². The highest BCUT2D eigenvalue weighted by molar-refractivity contribution is 5.92. The molecule has 0 atom stereocenters. The molecular formula is C20H21N3O2. The maximum atomic E-state index is 12.2. The number of hydrogen-bond acceptors (Lipinski definition) is 3. The molecule has 1 amide bonds. The zero-order valence-electron chi connectivity index (χ0n) is 14.6. The first-order chi connectivity index (χ1) is 12.0. The van der Waals surface area contributed by atoms with Crippen LogP contribution in [-0.4, -0.2) is 22.1 Å². The van der Waals surface area contributed by atoms with E-state index in [2.05, 4.69) is 10.3 Å². The van der Waals surface area contributed by atoms with Crippen molar-refractivity contribution in [1.29, 1.82) is 0 Å². The number of nitrogens with zero attached hydrogens (tertiary/aromatic N) is 2. The third-order valence-electron chi connectivity index (χ3n) is 3.91. The van der Waals surface area contributed by atoms with E-state index < -0.39 is 0 Å². The third kappa shape index (κ3) is 4.07. The second-order valence-electron chi connectivity index (χ2n) is 6.05. The Labute approximate surface area is 147 Å². The molecule has 0 fully saturated rings. The molecule has 128 valence electrons. The molecule has 25 heavy (non-hydrogen) atoms. The van der Waals surface area contributed by atoms with Crippen LogP contribution in [0.5, 0.6) is 5.75 Å². The first-order valence-electron chi connectivity index (χ1n) is 8.10. The van der Waals surface area contributed by atoms with E-state index in [9.17, 15) is 4.79 Å². The van der Waals surface area contributed by atoms with Gasteiger partial charge in [-0.3, -0.25) is 4.79 Å². The number of aryl methyl sites for hydroxylation is 3. The third-order valence-corrected chi connectivity index (χ3v) is 3.91. The van der Waals surface area contributed by atoms with Gasteiger partial charge in [-0.05, 0) is 37.6 Å². The van der Waals surface area contributed by atoms with Crippen LogP contribution >= 0.6 is 0 Å². The minimum atomic E-state index is -0.197. The number of imidazole rings is 1. The van der Waals surface area contributed by atoms with E-state index in [0.29, 0.717) is 0 Å². The number of ether oxygens (including phenoxy) is 1. The molecule has 2 aromatic carbocycles. The van der Waals surface area contributed by atoms with Crippen molar-refractivity contribution in [2.45, 2.75) is 13.8 Å². The van der Waals surface area contributed by atoms with E-state index in [0.717, 1.165) is 28.4 Å². The second-order valence-corrected chi connectivity index (χ2v) is 6.05. The molecule has 1 heterocycles. The average molecular weight is 335 g/mol. The zero-order chi connectivity index (χ0) is 17.8. The standard InChI is InChI=1S/C20H21N3O2/c1-14-7-8-18(15(2)11-14)25-13-19(24)22-17-6-4-5-16(12-17)20-21-9-10-23(20)3/h4-12H,13H2,1-3H3,(H,22,24). The van der Waals surface area contributed by atoms with Gasteiger partial charge in [0.2, 0.25) is 0 Å². The van der Waals surface area contributed by atoms with Gasteiger partial charge in [0.1, 0.15) is 11.6 Å². The summed E-state index contributed by atoms with van der Waals surface area (Å²) >= 11 is 0. The molecule has 3 aromatic rings. The van der Waals surface area contributed by atoms with Crippen LogP contribution in [0.4, 0.5) is 5.69 Å². The zero-order valence-corrected chi connectivity index (χ0v) is 14.6. The number of benzene rings is 2. The van der Waals surface area contributed by atoms with Crippen molar-refractivity contribution < 1.29 is 9.53 Å². The maximum absolute atomic E-state index is 12.2. The lowest BCUT2D eigenvalue weighted by molar-refractivity contribution is -0.118. The van der Waals surface area contributed by atoms with E-state index >= 15 is 0 Å². The van der Waals surface area contributed by atoms with Crippen molar-refractivity contribution in [3.63, 3.8) is 0 Å². The lowest BCUT2D eigenvalue weighted by atomic mass is 10.1. The molecule has 0 radical (unpaired) electrons. The molecule has 0 unspecified atom stereocenters. The van der Waals surface area contributed by atoms with E-state index in [1.54, 1.807) is 6.20 Å². The van der Waals surface area contributed by atoms with Crippen molar-refractivity contribution in [2.24, 2.45) is 7.05 Å². The number of hydrogen-bond donors (Lipinski definition) is 1. The van der Waals surface area contributed by atoms with E-state index in [1.807, 2.05) is 74.1 Å². The molecule has 0 saturated heterocycles. The van der Waals surface area contributed by atoms with Gasteiger partial charge >= 0.3 is 0 Å². The number of carbonyl (C=O) groups excluding carboxylic acids is 1. The van der Waals surface area contributed by atoms with Gasteiger partial charge in [0.15, 0.2) is 6.61 Å². The Kier molecular flexibility index (Phi) is 4.84. The molecule has 0 aliphatic rings. The van der Waals surface area contributed by atoms with Crippen LogP contribution < -0.4 is 10.1 Å². The van der Waals surface area contributed by atoms with Crippen LogP contribution in [0.1, 0.15) is 11.1 Å². The average Bonchev–Trinajstić information content (AvgIpc) is 3.00. The topological polar surface area (TPSA) is 56.1 Å². The molecule has 0 aliphatic heterocycles. The molecule has 5 nitrogen and oxygen atoms in total. The van der Waals surface area contributed by atoms with Gasteiger partial charge in [-0.15, -0.1) is 0 Å². The first kappa shape index (κ1) is 16.8. The van der Waals surface area contributed by atoms with Gasteiger partial charge in [0.25, 0.3) is 5.91 Å². The van der Waals surface area contributed by atoms with Crippen molar-refractivity contribution in [2.75, 3.05) is 11.9 Å². The van der Waals surface area contributed by atoms with E-state index in [1.165, 1.54) is 5.56 Å². The van der Waals surface area contributed by atoms with Crippen LogP contribution in [0.25, 0.3) is 11.4 Å². The fourth-order valence-corrected chi connectivity index (χ4v) is 2.68. The molecule has 0 aliphatic carbocycles. The first-order valence-corrected chi connectivity index (χ1v) is 8.10. The summed E-state index contributed by atoms with van der Waals surface area (Å²) in [4.78, 5) is 16.5. The Bertz CT molecular complexity index is 899. The van der Waals surface area contributed by atoms with Crippen LogP contribution in [0.2, 0.25) is 0 Å². The summed E-state index contributed by atoms with van der Waals surface area (Å²) in [7, 11) is 1.94. The highest BCUT2D eigenvalue weighted by atomic mass is 16.5. The van der Waals surface area contributed by atoms with Crippen molar-refractivity contribution in [3.05, 3.63) is 66.0 Å². The number of rotatable bonds is 5. The Morgan fingerprint density at radius 2 is 2.04 bits per heavy atom. The van der Waals surface area contributed by atoms with Gasteiger partial charge in [0, 0.05) is 30.7 Å². The highest BCUT2D eigenvalue weighted by Gasteiger charge is 2.08. The summed E-state index contributed by atoms with van der Waals surface area (Å²) in [6.07, 6.45) is 3.64. The molecule has 1 N–H and O–H groups in total. The number of nitrogens with one attached hydrogen (secondary N) is 1. The quantitative estimate of drug-likeness (QED) is 0.773. The van der Waals surface area contributed by atoms with Crippen LogP contribution in [-0.2, 0) is 11.8 Å². The number of anilines is 1.